The standard InChI is InChI=1S/C17H22BrNO5/c1-17(6-8-22-2)15(21)12-14(23-3)13(20)10(18)9-19(12)11-5-4-7-24-16(11)17/h9,11,16H,4-8H2,1-3H3. The third-order valence-corrected chi connectivity index (χ3v) is 5.75. The molecule has 132 valence electrons. The van der Waals surface area contributed by atoms with Crippen LogP contribution in [0.5, 0.6) is 5.75 Å². The lowest BCUT2D eigenvalue weighted by Crippen LogP contribution is -2.54. The van der Waals surface area contributed by atoms with E-state index in [-0.39, 0.29) is 29.1 Å². The van der Waals surface area contributed by atoms with Crippen molar-refractivity contribution in [1.29, 1.82) is 0 Å². The van der Waals surface area contributed by atoms with Crippen LogP contribution in [0.3, 0.4) is 0 Å². The molecule has 0 radical (unpaired) electrons. The summed E-state index contributed by atoms with van der Waals surface area (Å²) in [7, 11) is 3.04. The molecule has 2 aliphatic rings. The molecule has 24 heavy (non-hydrogen) atoms. The minimum atomic E-state index is -0.741. The third-order valence-electron chi connectivity index (χ3n) is 5.19. The second kappa shape index (κ2) is 6.61. The molecule has 1 aromatic rings. The summed E-state index contributed by atoms with van der Waals surface area (Å²) in [5.74, 6) is -0.0220. The third kappa shape index (κ3) is 2.53. The topological polar surface area (TPSA) is 66.8 Å². The monoisotopic (exact) mass is 399 g/mol. The Kier molecular flexibility index (Phi) is 4.86. The van der Waals surface area contributed by atoms with Crippen molar-refractivity contribution in [3.8, 4) is 5.75 Å². The molecular formula is C17H22BrNO5. The SMILES string of the molecule is COCCC1(C)C(=O)c2c(OC)c(=O)c(Br)cn2C2CCCOC21. The van der Waals surface area contributed by atoms with Crippen molar-refractivity contribution < 1.29 is 19.0 Å². The van der Waals surface area contributed by atoms with Gasteiger partial charge in [-0.3, -0.25) is 9.59 Å². The van der Waals surface area contributed by atoms with Gasteiger partial charge in [-0.05, 0) is 42.1 Å². The minimum absolute atomic E-state index is 0.000828. The largest absolute Gasteiger partial charge is 0.491 e. The number of Topliss-reactive ketones (excluding diaryl/α,β-unsaturated/α-hetero) is 1. The van der Waals surface area contributed by atoms with Gasteiger partial charge in [0.15, 0.2) is 11.5 Å². The number of pyridine rings is 1. The van der Waals surface area contributed by atoms with Gasteiger partial charge >= 0.3 is 0 Å². The lowest BCUT2D eigenvalue weighted by atomic mass is 9.69. The molecule has 1 saturated heterocycles. The van der Waals surface area contributed by atoms with E-state index in [0.717, 1.165) is 12.8 Å². The van der Waals surface area contributed by atoms with Gasteiger partial charge in [0.1, 0.15) is 5.69 Å². The summed E-state index contributed by atoms with van der Waals surface area (Å²) in [5, 5.41) is 0. The number of hydrogen-bond acceptors (Lipinski definition) is 5. The van der Waals surface area contributed by atoms with Crippen LogP contribution in [0.2, 0.25) is 0 Å². The summed E-state index contributed by atoms with van der Waals surface area (Å²) in [6.45, 7) is 3.01. The molecule has 6 nitrogen and oxygen atoms in total. The molecule has 3 heterocycles. The van der Waals surface area contributed by atoms with Crippen LogP contribution in [0.4, 0.5) is 0 Å². The van der Waals surface area contributed by atoms with E-state index in [1.807, 2.05) is 11.5 Å². The molecule has 1 fully saturated rings. The van der Waals surface area contributed by atoms with Gasteiger partial charge in [0.2, 0.25) is 5.43 Å². The molecular weight excluding hydrogens is 378 g/mol. The first kappa shape index (κ1) is 17.6. The van der Waals surface area contributed by atoms with Gasteiger partial charge in [-0.1, -0.05) is 0 Å². The van der Waals surface area contributed by atoms with Crippen molar-refractivity contribution in [1.82, 2.24) is 4.57 Å². The Balaban J connectivity index is 2.23. The number of methoxy groups -OCH3 is 2. The molecule has 3 unspecified atom stereocenters. The van der Waals surface area contributed by atoms with E-state index in [2.05, 4.69) is 15.9 Å². The number of halogens is 1. The van der Waals surface area contributed by atoms with Crippen LogP contribution in [-0.4, -0.2) is 43.9 Å². The highest BCUT2D eigenvalue weighted by molar-refractivity contribution is 9.10. The Morgan fingerprint density at radius 3 is 2.83 bits per heavy atom. The Hall–Kier alpha value is -1.18. The normalized spacial score (nSPS) is 29.1. The van der Waals surface area contributed by atoms with Crippen molar-refractivity contribution >= 4 is 21.7 Å². The van der Waals surface area contributed by atoms with E-state index < -0.39 is 5.41 Å². The number of fused-ring (bicyclic) bond motifs is 3. The molecule has 0 bridgehead atoms. The molecule has 0 spiro atoms. The first-order valence-electron chi connectivity index (χ1n) is 8.09. The fraction of sp³-hybridized carbons (Fsp3) is 0.647. The van der Waals surface area contributed by atoms with Crippen molar-refractivity contribution in [2.24, 2.45) is 5.41 Å². The summed E-state index contributed by atoms with van der Waals surface area (Å²) in [6, 6.07) is -0.000828. The summed E-state index contributed by atoms with van der Waals surface area (Å²) >= 11 is 3.29. The molecule has 0 amide bonds. The van der Waals surface area contributed by atoms with Crippen LogP contribution >= 0.6 is 15.9 Å². The smallest absolute Gasteiger partial charge is 0.238 e. The zero-order valence-electron chi connectivity index (χ0n) is 14.1. The van der Waals surface area contributed by atoms with E-state index in [0.29, 0.717) is 29.8 Å². The van der Waals surface area contributed by atoms with E-state index in [4.69, 9.17) is 14.2 Å². The molecule has 0 saturated carbocycles. The second-order valence-corrected chi connectivity index (χ2v) is 7.44. The maximum absolute atomic E-state index is 13.4. The van der Waals surface area contributed by atoms with Crippen molar-refractivity contribution in [2.75, 3.05) is 27.4 Å². The van der Waals surface area contributed by atoms with Crippen LogP contribution in [0.25, 0.3) is 0 Å². The molecule has 2 aliphatic heterocycles. The Bertz CT molecular complexity index is 716. The maximum Gasteiger partial charge on any atom is 0.238 e. The number of rotatable bonds is 4. The summed E-state index contributed by atoms with van der Waals surface area (Å²) in [4.78, 5) is 25.8. The highest BCUT2D eigenvalue weighted by Crippen LogP contribution is 2.47. The van der Waals surface area contributed by atoms with Gasteiger partial charge in [0, 0.05) is 26.5 Å². The van der Waals surface area contributed by atoms with Crippen LogP contribution < -0.4 is 10.2 Å². The first-order chi connectivity index (χ1) is 11.5. The van der Waals surface area contributed by atoms with Gasteiger partial charge in [-0.15, -0.1) is 0 Å². The van der Waals surface area contributed by atoms with Crippen molar-refractivity contribution in [2.45, 2.75) is 38.3 Å². The van der Waals surface area contributed by atoms with E-state index in [1.54, 1.807) is 13.3 Å². The number of nitrogens with zero attached hydrogens (tertiary/aromatic N) is 1. The summed E-state index contributed by atoms with van der Waals surface area (Å²) in [6.07, 6.45) is 3.81. The van der Waals surface area contributed by atoms with Gasteiger partial charge in [-0.2, -0.15) is 0 Å². The minimum Gasteiger partial charge on any atom is -0.491 e. The average molecular weight is 400 g/mol. The van der Waals surface area contributed by atoms with Gasteiger partial charge in [0.25, 0.3) is 0 Å². The maximum atomic E-state index is 13.4. The molecule has 1 aromatic heterocycles. The highest BCUT2D eigenvalue weighted by atomic mass is 79.9. The fourth-order valence-electron chi connectivity index (χ4n) is 3.88. The van der Waals surface area contributed by atoms with Crippen LogP contribution in [0.15, 0.2) is 15.5 Å². The fourth-order valence-corrected chi connectivity index (χ4v) is 4.28. The van der Waals surface area contributed by atoms with Gasteiger partial charge in [0.05, 0.1) is 29.1 Å². The average Bonchev–Trinajstić information content (AvgIpc) is 2.60. The molecule has 0 N–H and O–H groups in total. The number of ether oxygens (including phenoxy) is 3. The number of carbonyl (C=O) groups is 1. The highest BCUT2D eigenvalue weighted by Gasteiger charge is 2.53. The van der Waals surface area contributed by atoms with Crippen LogP contribution in [-0.2, 0) is 9.47 Å². The lowest BCUT2D eigenvalue weighted by Gasteiger charge is -2.48. The number of carbonyl (C=O) groups excluding carboxylic acids is 1. The Labute approximate surface area is 149 Å². The zero-order valence-corrected chi connectivity index (χ0v) is 15.7. The van der Waals surface area contributed by atoms with Gasteiger partial charge in [-0.25, -0.2) is 0 Å². The van der Waals surface area contributed by atoms with Gasteiger partial charge < -0.3 is 18.8 Å². The second-order valence-electron chi connectivity index (χ2n) is 6.59. The first-order valence-corrected chi connectivity index (χ1v) is 8.89. The van der Waals surface area contributed by atoms with E-state index >= 15 is 0 Å². The van der Waals surface area contributed by atoms with E-state index in [1.165, 1.54) is 7.11 Å². The Morgan fingerprint density at radius 1 is 1.42 bits per heavy atom. The predicted octanol–water partition coefficient (Wildman–Crippen LogP) is 2.58. The van der Waals surface area contributed by atoms with E-state index in [9.17, 15) is 9.59 Å². The molecule has 0 aliphatic carbocycles. The molecule has 7 heteroatoms. The molecule has 3 atom stereocenters. The number of ketones is 1. The Morgan fingerprint density at radius 2 is 2.17 bits per heavy atom. The van der Waals surface area contributed by atoms with Crippen LogP contribution in [0.1, 0.15) is 42.7 Å². The lowest BCUT2D eigenvalue weighted by molar-refractivity contribution is -0.0935. The number of aromatic nitrogens is 1. The summed E-state index contributed by atoms with van der Waals surface area (Å²) in [5.41, 5.74) is -0.702. The quantitative estimate of drug-likeness (QED) is 0.778. The van der Waals surface area contributed by atoms with Crippen molar-refractivity contribution in [3.05, 3.63) is 26.6 Å². The number of hydrogen-bond donors (Lipinski definition) is 0. The van der Waals surface area contributed by atoms with Crippen LogP contribution in [0, 0.1) is 5.41 Å². The molecule has 0 aromatic carbocycles. The zero-order chi connectivity index (χ0) is 17.5. The van der Waals surface area contributed by atoms with Crippen molar-refractivity contribution in [3.63, 3.8) is 0 Å². The summed E-state index contributed by atoms with van der Waals surface area (Å²) < 4.78 is 18.8. The predicted molar refractivity (Wildman–Crippen MR) is 91.9 cm³/mol. The molecule has 3 rings (SSSR count).